The van der Waals surface area contributed by atoms with Crippen LogP contribution in [0, 0.1) is 0 Å². The van der Waals surface area contributed by atoms with Gasteiger partial charge in [0.15, 0.2) is 0 Å². The summed E-state index contributed by atoms with van der Waals surface area (Å²) in [5.41, 5.74) is 7.53. The minimum Gasteiger partial charge on any atom is -0.399 e. The lowest BCUT2D eigenvalue weighted by molar-refractivity contribution is 0.685. The van der Waals surface area contributed by atoms with E-state index < -0.39 is 0 Å². The standard InChI is InChI=1S/C12H14ClN3S/c13-10-5-9(6-11(14)7-10)8-15-2-1-12-16-3-4-17-12/h3-7,15H,1-2,8,14H2. The Bertz CT molecular complexity index is 450. The Hall–Kier alpha value is -1.10. The van der Waals surface area contributed by atoms with E-state index in [2.05, 4.69) is 10.3 Å². The van der Waals surface area contributed by atoms with Crippen molar-refractivity contribution in [1.82, 2.24) is 10.3 Å². The Morgan fingerprint density at radius 3 is 2.94 bits per heavy atom. The van der Waals surface area contributed by atoms with E-state index in [1.165, 1.54) is 0 Å². The van der Waals surface area contributed by atoms with Gasteiger partial charge in [0.1, 0.15) is 0 Å². The van der Waals surface area contributed by atoms with Crippen LogP contribution < -0.4 is 11.1 Å². The predicted octanol–water partition coefficient (Wildman–Crippen LogP) is 2.71. The molecule has 0 aliphatic heterocycles. The number of thiazole rings is 1. The molecule has 0 atom stereocenters. The number of halogens is 1. The lowest BCUT2D eigenvalue weighted by atomic mass is 10.2. The van der Waals surface area contributed by atoms with Crippen LogP contribution in [-0.2, 0) is 13.0 Å². The molecule has 3 N–H and O–H groups in total. The quantitative estimate of drug-likeness (QED) is 0.647. The normalized spacial score (nSPS) is 10.6. The van der Waals surface area contributed by atoms with Crippen LogP contribution in [-0.4, -0.2) is 11.5 Å². The molecule has 1 heterocycles. The van der Waals surface area contributed by atoms with Crippen LogP contribution in [0.15, 0.2) is 29.8 Å². The molecule has 1 aromatic heterocycles. The fraction of sp³-hybridized carbons (Fsp3) is 0.250. The highest BCUT2D eigenvalue weighted by atomic mass is 35.5. The van der Waals surface area contributed by atoms with Gasteiger partial charge in [0, 0.05) is 41.8 Å². The van der Waals surface area contributed by atoms with Crippen molar-refractivity contribution in [2.24, 2.45) is 0 Å². The first-order chi connectivity index (χ1) is 8.24. The second-order valence-electron chi connectivity index (χ2n) is 3.75. The maximum absolute atomic E-state index is 5.93. The number of benzene rings is 1. The van der Waals surface area contributed by atoms with Gasteiger partial charge in [-0.3, -0.25) is 0 Å². The van der Waals surface area contributed by atoms with E-state index in [-0.39, 0.29) is 0 Å². The maximum Gasteiger partial charge on any atom is 0.0937 e. The molecule has 0 radical (unpaired) electrons. The summed E-state index contributed by atoms with van der Waals surface area (Å²) in [5.74, 6) is 0. The average Bonchev–Trinajstić information content (AvgIpc) is 2.76. The molecule has 2 aromatic rings. The van der Waals surface area contributed by atoms with E-state index in [9.17, 15) is 0 Å². The molecular formula is C12H14ClN3S. The van der Waals surface area contributed by atoms with Crippen molar-refractivity contribution in [2.75, 3.05) is 12.3 Å². The van der Waals surface area contributed by atoms with Crippen LogP contribution in [0.2, 0.25) is 5.02 Å². The summed E-state index contributed by atoms with van der Waals surface area (Å²) >= 11 is 7.61. The van der Waals surface area contributed by atoms with Crippen LogP contribution >= 0.6 is 22.9 Å². The number of nitrogen functional groups attached to an aromatic ring is 1. The SMILES string of the molecule is Nc1cc(Cl)cc(CNCCc2nccs2)c1. The fourth-order valence-corrected chi connectivity index (χ4v) is 2.47. The molecule has 1 aromatic carbocycles. The van der Waals surface area contributed by atoms with Crippen molar-refractivity contribution >= 4 is 28.6 Å². The van der Waals surface area contributed by atoms with E-state index in [0.29, 0.717) is 10.7 Å². The van der Waals surface area contributed by atoms with Gasteiger partial charge in [-0.05, 0) is 23.8 Å². The maximum atomic E-state index is 5.93. The van der Waals surface area contributed by atoms with Crippen LogP contribution in [0.3, 0.4) is 0 Å². The Morgan fingerprint density at radius 1 is 1.35 bits per heavy atom. The molecule has 0 spiro atoms. The van der Waals surface area contributed by atoms with Crippen molar-refractivity contribution in [3.63, 3.8) is 0 Å². The van der Waals surface area contributed by atoms with Gasteiger partial charge in [0.2, 0.25) is 0 Å². The van der Waals surface area contributed by atoms with Gasteiger partial charge in [-0.2, -0.15) is 0 Å². The van der Waals surface area contributed by atoms with Gasteiger partial charge < -0.3 is 11.1 Å². The predicted molar refractivity (Wildman–Crippen MR) is 73.4 cm³/mol. The van der Waals surface area contributed by atoms with E-state index in [1.54, 1.807) is 17.4 Å². The van der Waals surface area contributed by atoms with Crippen LogP contribution in [0.1, 0.15) is 10.6 Å². The molecule has 0 unspecified atom stereocenters. The minimum absolute atomic E-state index is 0.682. The van der Waals surface area contributed by atoms with Gasteiger partial charge in [-0.15, -0.1) is 11.3 Å². The fourth-order valence-electron chi connectivity index (χ4n) is 1.58. The summed E-state index contributed by atoms with van der Waals surface area (Å²) in [6.45, 7) is 1.68. The van der Waals surface area contributed by atoms with Crippen molar-refractivity contribution in [3.05, 3.63) is 45.4 Å². The second kappa shape index (κ2) is 6.00. The van der Waals surface area contributed by atoms with Crippen LogP contribution in [0.5, 0.6) is 0 Å². The van der Waals surface area contributed by atoms with E-state index >= 15 is 0 Å². The highest BCUT2D eigenvalue weighted by molar-refractivity contribution is 7.09. The third kappa shape index (κ3) is 4.00. The molecule has 17 heavy (non-hydrogen) atoms. The Balaban J connectivity index is 1.78. The monoisotopic (exact) mass is 267 g/mol. The third-order valence-electron chi connectivity index (χ3n) is 2.31. The van der Waals surface area contributed by atoms with Gasteiger partial charge in [-0.1, -0.05) is 11.6 Å². The largest absolute Gasteiger partial charge is 0.399 e. The first-order valence-corrected chi connectivity index (χ1v) is 6.64. The summed E-state index contributed by atoms with van der Waals surface area (Å²) in [4.78, 5) is 4.23. The van der Waals surface area contributed by atoms with Crippen molar-refractivity contribution < 1.29 is 0 Å². The molecule has 0 saturated heterocycles. The van der Waals surface area contributed by atoms with Crippen molar-refractivity contribution in [3.8, 4) is 0 Å². The molecule has 0 amide bonds. The molecule has 0 aliphatic carbocycles. The summed E-state index contributed by atoms with van der Waals surface area (Å²) in [7, 11) is 0. The molecule has 5 heteroatoms. The zero-order chi connectivity index (χ0) is 12.1. The van der Waals surface area contributed by atoms with Crippen molar-refractivity contribution in [2.45, 2.75) is 13.0 Å². The minimum atomic E-state index is 0.682. The Kier molecular flexibility index (Phi) is 4.36. The molecular weight excluding hydrogens is 254 g/mol. The number of nitrogens with one attached hydrogen (secondary N) is 1. The zero-order valence-corrected chi connectivity index (χ0v) is 10.9. The molecule has 0 aliphatic rings. The smallest absolute Gasteiger partial charge is 0.0937 e. The summed E-state index contributed by atoms with van der Waals surface area (Å²) < 4.78 is 0. The molecule has 0 fully saturated rings. The topological polar surface area (TPSA) is 50.9 Å². The Labute approximate surface area is 110 Å². The lowest BCUT2D eigenvalue weighted by Gasteiger charge is -2.05. The first kappa shape index (κ1) is 12.4. The number of hydrogen-bond donors (Lipinski definition) is 2. The Morgan fingerprint density at radius 2 is 2.24 bits per heavy atom. The molecule has 2 rings (SSSR count). The summed E-state index contributed by atoms with van der Waals surface area (Å²) in [5, 5.41) is 7.18. The highest BCUT2D eigenvalue weighted by Crippen LogP contribution is 2.16. The third-order valence-corrected chi connectivity index (χ3v) is 3.37. The number of hydrogen-bond acceptors (Lipinski definition) is 4. The van der Waals surface area contributed by atoms with E-state index in [1.807, 2.05) is 23.7 Å². The number of aromatic nitrogens is 1. The second-order valence-corrected chi connectivity index (χ2v) is 5.16. The summed E-state index contributed by atoms with van der Waals surface area (Å²) in [6, 6.07) is 5.61. The number of rotatable bonds is 5. The zero-order valence-electron chi connectivity index (χ0n) is 9.32. The van der Waals surface area contributed by atoms with E-state index in [0.717, 1.165) is 30.1 Å². The molecule has 0 saturated carbocycles. The average molecular weight is 268 g/mol. The highest BCUT2D eigenvalue weighted by Gasteiger charge is 1.98. The number of nitrogens with zero attached hydrogens (tertiary/aromatic N) is 1. The van der Waals surface area contributed by atoms with Gasteiger partial charge in [-0.25, -0.2) is 4.98 Å². The van der Waals surface area contributed by atoms with Crippen molar-refractivity contribution in [1.29, 1.82) is 0 Å². The number of nitrogens with two attached hydrogens (primary N) is 1. The van der Waals surface area contributed by atoms with Gasteiger partial charge >= 0.3 is 0 Å². The summed E-state index contributed by atoms with van der Waals surface area (Å²) in [6.07, 6.45) is 2.78. The van der Waals surface area contributed by atoms with Crippen LogP contribution in [0.4, 0.5) is 5.69 Å². The molecule has 3 nitrogen and oxygen atoms in total. The molecule has 0 bridgehead atoms. The first-order valence-electron chi connectivity index (χ1n) is 5.38. The van der Waals surface area contributed by atoms with Crippen LogP contribution in [0.25, 0.3) is 0 Å². The number of anilines is 1. The lowest BCUT2D eigenvalue weighted by Crippen LogP contribution is -2.16. The van der Waals surface area contributed by atoms with Gasteiger partial charge in [0.05, 0.1) is 5.01 Å². The molecule has 90 valence electrons. The van der Waals surface area contributed by atoms with Gasteiger partial charge in [0.25, 0.3) is 0 Å². The van der Waals surface area contributed by atoms with E-state index in [4.69, 9.17) is 17.3 Å².